The summed E-state index contributed by atoms with van der Waals surface area (Å²) in [7, 11) is 3.12. The lowest BCUT2D eigenvalue weighted by atomic mass is 10.1. The number of aromatic nitrogens is 1. The van der Waals surface area contributed by atoms with E-state index in [4.69, 9.17) is 14.3 Å². The molecule has 0 aliphatic carbocycles. The molecule has 0 saturated heterocycles. The third kappa shape index (κ3) is 1.99. The monoisotopic (exact) mass is 249 g/mol. The molecule has 2 rings (SSSR count). The summed E-state index contributed by atoms with van der Waals surface area (Å²) in [6.07, 6.45) is 1.77. The molecule has 5 nitrogen and oxygen atoms in total. The number of hydrogen-bond donors (Lipinski definition) is 0. The first-order valence-corrected chi connectivity index (χ1v) is 5.62. The van der Waals surface area contributed by atoms with Crippen molar-refractivity contribution >= 4 is 16.9 Å². The Labute approximate surface area is 105 Å². The molecule has 0 unspecified atom stereocenters. The van der Waals surface area contributed by atoms with Gasteiger partial charge in [0.2, 0.25) is 0 Å². The number of benzene rings is 1. The Kier molecular flexibility index (Phi) is 3.41. The molecule has 0 saturated carbocycles. The van der Waals surface area contributed by atoms with E-state index in [1.54, 1.807) is 44.2 Å². The summed E-state index contributed by atoms with van der Waals surface area (Å²) in [5, 5.41) is 0.882. The van der Waals surface area contributed by atoms with E-state index in [-0.39, 0.29) is 5.97 Å². The highest BCUT2D eigenvalue weighted by Gasteiger charge is 2.14. The molecule has 0 radical (unpaired) electrons. The minimum absolute atomic E-state index is 0.338. The number of esters is 1. The highest BCUT2D eigenvalue weighted by atomic mass is 16.6. The van der Waals surface area contributed by atoms with Crippen molar-refractivity contribution in [1.82, 2.24) is 4.73 Å². The fourth-order valence-electron chi connectivity index (χ4n) is 1.84. The normalized spacial score (nSPS) is 10.4. The highest BCUT2D eigenvalue weighted by molar-refractivity contribution is 5.97. The number of nitrogens with zero attached hydrogens (tertiary/aromatic N) is 1. The lowest BCUT2D eigenvalue weighted by Gasteiger charge is -2.08. The van der Waals surface area contributed by atoms with Gasteiger partial charge in [0, 0.05) is 11.6 Å². The molecule has 0 fully saturated rings. The van der Waals surface area contributed by atoms with Gasteiger partial charge < -0.3 is 14.3 Å². The van der Waals surface area contributed by atoms with Crippen molar-refractivity contribution < 1.29 is 19.1 Å². The first-order valence-electron chi connectivity index (χ1n) is 5.62. The number of rotatable bonds is 4. The number of ether oxygens (including phenoxy) is 2. The average Bonchev–Trinajstić information content (AvgIpc) is 2.80. The molecule has 1 aromatic carbocycles. The van der Waals surface area contributed by atoms with Crippen LogP contribution in [0.3, 0.4) is 0 Å². The molecule has 96 valence electrons. The lowest BCUT2D eigenvalue weighted by Crippen LogP contribution is -2.07. The van der Waals surface area contributed by atoms with Crippen LogP contribution in [-0.4, -0.2) is 31.5 Å². The van der Waals surface area contributed by atoms with Gasteiger partial charge in [0.25, 0.3) is 0 Å². The maximum absolute atomic E-state index is 11.8. The summed E-state index contributed by atoms with van der Waals surface area (Å²) < 4.78 is 11.8. The van der Waals surface area contributed by atoms with Crippen molar-refractivity contribution in [2.45, 2.75) is 6.92 Å². The number of methoxy groups -OCH3 is 1. The van der Waals surface area contributed by atoms with E-state index in [1.165, 1.54) is 0 Å². The van der Waals surface area contributed by atoms with Crippen LogP contribution < -0.4 is 9.57 Å². The van der Waals surface area contributed by atoms with Crippen LogP contribution in [0, 0.1) is 0 Å². The number of carbonyl (C=O) groups excluding carboxylic acids is 1. The quantitative estimate of drug-likeness (QED) is 0.776. The predicted octanol–water partition coefficient (Wildman–Crippen LogP) is 1.89. The molecule has 0 atom stereocenters. The maximum Gasteiger partial charge on any atom is 0.338 e. The third-order valence-electron chi connectivity index (χ3n) is 2.66. The van der Waals surface area contributed by atoms with Gasteiger partial charge in [-0.25, -0.2) is 4.79 Å². The van der Waals surface area contributed by atoms with E-state index in [1.807, 2.05) is 6.07 Å². The van der Waals surface area contributed by atoms with Crippen LogP contribution in [0.4, 0.5) is 0 Å². The number of fused-ring (bicyclic) bond motifs is 1. The zero-order valence-electron chi connectivity index (χ0n) is 10.6. The lowest BCUT2D eigenvalue weighted by molar-refractivity contribution is 0.0526. The van der Waals surface area contributed by atoms with Crippen molar-refractivity contribution in [3.63, 3.8) is 0 Å². The molecule has 0 amide bonds. The summed E-state index contributed by atoms with van der Waals surface area (Å²) in [4.78, 5) is 16.9. The van der Waals surface area contributed by atoms with Crippen LogP contribution in [0.15, 0.2) is 24.4 Å². The van der Waals surface area contributed by atoms with E-state index >= 15 is 0 Å². The van der Waals surface area contributed by atoms with Gasteiger partial charge in [0.15, 0.2) is 0 Å². The third-order valence-corrected chi connectivity index (χ3v) is 2.66. The van der Waals surface area contributed by atoms with Crippen LogP contribution in [0.25, 0.3) is 10.9 Å². The van der Waals surface area contributed by atoms with Crippen molar-refractivity contribution in [2.24, 2.45) is 0 Å². The minimum atomic E-state index is -0.374. The molecular weight excluding hydrogens is 234 g/mol. The smallest absolute Gasteiger partial charge is 0.338 e. The van der Waals surface area contributed by atoms with Gasteiger partial charge in [-0.1, -0.05) is 0 Å². The topological polar surface area (TPSA) is 49.7 Å². The van der Waals surface area contributed by atoms with E-state index in [2.05, 4.69) is 0 Å². The molecule has 0 N–H and O–H groups in total. The first-order chi connectivity index (χ1) is 8.71. The predicted molar refractivity (Wildman–Crippen MR) is 67.0 cm³/mol. The second kappa shape index (κ2) is 5.00. The van der Waals surface area contributed by atoms with Crippen molar-refractivity contribution in [3.8, 4) is 5.75 Å². The molecule has 2 aromatic rings. The standard InChI is InChI=1S/C13H15NO4/c1-4-18-13(15)9-7-11-10(12(8-9)16-2)5-6-14(11)17-3/h5-8H,4H2,1-3H3. The molecule has 0 aliphatic rings. The van der Waals surface area contributed by atoms with Crippen molar-refractivity contribution in [3.05, 3.63) is 30.0 Å². The molecule has 0 spiro atoms. The number of carbonyl (C=O) groups is 1. The van der Waals surface area contributed by atoms with Gasteiger partial charge >= 0.3 is 5.97 Å². The Balaban J connectivity index is 2.59. The van der Waals surface area contributed by atoms with Gasteiger partial charge in [-0.15, -0.1) is 0 Å². The molecule has 5 heteroatoms. The zero-order valence-corrected chi connectivity index (χ0v) is 10.6. The molecular formula is C13H15NO4. The Bertz CT molecular complexity index is 574. The van der Waals surface area contributed by atoms with Gasteiger partial charge in [0.1, 0.15) is 12.9 Å². The largest absolute Gasteiger partial charge is 0.496 e. The van der Waals surface area contributed by atoms with E-state index in [9.17, 15) is 4.79 Å². The summed E-state index contributed by atoms with van der Waals surface area (Å²) >= 11 is 0. The Morgan fingerprint density at radius 3 is 2.72 bits per heavy atom. The SMILES string of the molecule is CCOC(=O)c1cc(OC)c2ccn(OC)c2c1. The average molecular weight is 249 g/mol. The molecule has 0 aliphatic heterocycles. The van der Waals surface area contributed by atoms with Gasteiger partial charge in [0.05, 0.1) is 24.8 Å². The summed E-state index contributed by atoms with van der Waals surface area (Å²) in [6, 6.07) is 5.26. The number of hydrogen-bond acceptors (Lipinski definition) is 4. The second-order valence-electron chi connectivity index (χ2n) is 3.66. The van der Waals surface area contributed by atoms with Crippen molar-refractivity contribution in [1.29, 1.82) is 0 Å². The van der Waals surface area contributed by atoms with Gasteiger partial charge in [-0.2, -0.15) is 4.73 Å². The second-order valence-corrected chi connectivity index (χ2v) is 3.66. The summed E-state index contributed by atoms with van der Waals surface area (Å²) in [6.45, 7) is 2.11. The Morgan fingerprint density at radius 2 is 2.11 bits per heavy atom. The van der Waals surface area contributed by atoms with Crippen LogP contribution in [0.2, 0.25) is 0 Å². The van der Waals surface area contributed by atoms with Gasteiger partial charge in [-0.3, -0.25) is 0 Å². The Hall–Kier alpha value is -2.17. The minimum Gasteiger partial charge on any atom is -0.496 e. The molecule has 1 aromatic heterocycles. The fraction of sp³-hybridized carbons (Fsp3) is 0.308. The fourth-order valence-corrected chi connectivity index (χ4v) is 1.84. The maximum atomic E-state index is 11.8. The molecule has 1 heterocycles. The molecule has 0 bridgehead atoms. The van der Waals surface area contributed by atoms with Crippen LogP contribution in [-0.2, 0) is 4.74 Å². The zero-order chi connectivity index (χ0) is 13.1. The van der Waals surface area contributed by atoms with Crippen LogP contribution in [0.1, 0.15) is 17.3 Å². The first kappa shape index (κ1) is 12.3. The van der Waals surface area contributed by atoms with E-state index < -0.39 is 0 Å². The van der Waals surface area contributed by atoms with Crippen LogP contribution in [0.5, 0.6) is 5.75 Å². The summed E-state index contributed by atoms with van der Waals surface area (Å²) in [5.74, 6) is 0.243. The highest BCUT2D eigenvalue weighted by Crippen LogP contribution is 2.28. The van der Waals surface area contributed by atoms with Crippen LogP contribution >= 0.6 is 0 Å². The van der Waals surface area contributed by atoms with E-state index in [0.29, 0.717) is 17.9 Å². The van der Waals surface area contributed by atoms with Crippen molar-refractivity contribution in [2.75, 3.05) is 20.8 Å². The molecule has 18 heavy (non-hydrogen) atoms. The Morgan fingerprint density at radius 1 is 1.33 bits per heavy atom. The van der Waals surface area contributed by atoms with E-state index in [0.717, 1.165) is 10.9 Å². The van der Waals surface area contributed by atoms with Gasteiger partial charge in [-0.05, 0) is 25.1 Å². The summed E-state index contributed by atoms with van der Waals surface area (Å²) in [5.41, 5.74) is 1.21.